The Hall–Kier alpha value is 2.15. The molecule has 0 saturated carbocycles. The lowest BCUT2D eigenvalue weighted by atomic mass is 29.4. The molecule has 3 fully saturated rings. The van der Waals surface area contributed by atoms with Gasteiger partial charge in [0.05, 0.1) is 0 Å². The molecule has 0 aliphatic carbocycles. The maximum absolute atomic E-state index is 1.65. The summed E-state index contributed by atoms with van der Waals surface area (Å²) in [7, 11) is 3.30. The molecular formula is H2P5+. The number of fused-ring (bicyclic) bond motifs is 1. The van der Waals surface area contributed by atoms with Crippen molar-refractivity contribution in [2.45, 2.75) is 0 Å². The van der Waals surface area contributed by atoms with Gasteiger partial charge in [0.2, 0.25) is 0 Å². The van der Waals surface area contributed by atoms with E-state index < -0.39 is 0 Å². The zero-order valence-corrected chi connectivity index (χ0v) is 7.02. The van der Waals surface area contributed by atoms with E-state index in [-0.39, 0.29) is 0 Å². The third kappa shape index (κ3) is 0.216. The van der Waals surface area contributed by atoms with Crippen molar-refractivity contribution in [3.63, 3.8) is 0 Å². The Balaban J connectivity index is 2.49. The van der Waals surface area contributed by atoms with Gasteiger partial charge in [-0.05, 0) is 0 Å². The maximum atomic E-state index is 1.65. The van der Waals surface area contributed by atoms with Crippen molar-refractivity contribution in [1.82, 2.24) is 0 Å². The minimum Gasteiger partial charge on any atom is 0.125 e. The van der Waals surface area contributed by atoms with E-state index in [2.05, 4.69) is 0 Å². The molecule has 3 aliphatic heterocycles. The topological polar surface area (TPSA) is 0 Å². The maximum Gasteiger partial charge on any atom is 0.197 e. The third-order valence-electron chi connectivity index (χ3n) is 1.08. The highest BCUT2D eigenvalue weighted by Crippen LogP contribution is 3.80. The van der Waals surface area contributed by atoms with E-state index in [1.807, 2.05) is 0 Å². The summed E-state index contributed by atoms with van der Waals surface area (Å²) in [6, 6.07) is 0.380. The second-order valence-corrected chi connectivity index (χ2v) is 37.3. The number of hydrogen-bond donors (Lipinski definition) is 0. The Labute approximate surface area is 36.5 Å². The molecule has 5 heteroatoms. The fourth-order valence-corrected chi connectivity index (χ4v) is 111. The zero-order valence-electron chi connectivity index (χ0n) is 2.34. The van der Waals surface area contributed by atoms with Crippen molar-refractivity contribution >= 4 is 35.9 Å². The van der Waals surface area contributed by atoms with Crippen LogP contribution in [0.4, 0.5) is 0 Å². The fourth-order valence-electron chi connectivity index (χ4n) is 0.518. The van der Waals surface area contributed by atoms with Gasteiger partial charge in [-0.3, -0.25) is 0 Å². The smallest absolute Gasteiger partial charge is 0.125 e. The molecule has 0 bridgehead atoms. The lowest BCUT2D eigenvalue weighted by Gasteiger charge is -1.44. The van der Waals surface area contributed by atoms with Gasteiger partial charge in [0.1, 0.15) is 21.9 Å². The summed E-state index contributed by atoms with van der Waals surface area (Å²) in [6.07, 6.45) is 0. The van der Waals surface area contributed by atoms with Crippen molar-refractivity contribution in [3.05, 3.63) is 0 Å². The van der Waals surface area contributed by atoms with E-state index in [9.17, 15) is 0 Å². The van der Waals surface area contributed by atoms with Gasteiger partial charge in [0.25, 0.3) is 0 Å². The van der Waals surface area contributed by atoms with Crippen molar-refractivity contribution in [1.29, 1.82) is 0 Å². The molecule has 26 valence electrons. The summed E-state index contributed by atoms with van der Waals surface area (Å²) >= 11 is 0. The van der Waals surface area contributed by atoms with E-state index >= 15 is 0 Å². The molecule has 4 unspecified atom stereocenters. The molecule has 0 amide bonds. The van der Waals surface area contributed by atoms with E-state index in [4.69, 9.17) is 0 Å². The first-order chi connectivity index (χ1) is 2.43. The SMILES string of the molecule is P1P2P3P[P+]123. The molecule has 3 rings (SSSR count). The second-order valence-electron chi connectivity index (χ2n) is 1.38. The van der Waals surface area contributed by atoms with Crippen LogP contribution in [0.3, 0.4) is 0 Å². The minimum atomic E-state index is 0.380. The van der Waals surface area contributed by atoms with Gasteiger partial charge in [-0.15, -0.1) is 0 Å². The van der Waals surface area contributed by atoms with Crippen molar-refractivity contribution < 1.29 is 0 Å². The highest BCUT2D eigenvalue weighted by atomic mass is 33.9. The van der Waals surface area contributed by atoms with E-state index in [1.165, 1.54) is 0 Å². The van der Waals surface area contributed by atoms with Crippen LogP contribution in [0.1, 0.15) is 0 Å². The van der Waals surface area contributed by atoms with Crippen molar-refractivity contribution in [3.8, 4) is 0 Å². The fraction of sp³-hybridized carbons (Fsp3) is 0. The van der Waals surface area contributed by atoms with Gasteiger partial charge in [-0.1, -0.05) is 0 Å². The average Bonchev–Trinajstić information content (AvgIpc) is 2.04. The average molecular weight is 157 g/mol. The van der Waals surface area contributed by atoms with Gasteiger partial charge in [-0.2, -0.15) is 0 Å². The van der Waals surface area contributed by atoms with Gasteiger partial charge in [0, 0.05) is 0 Å². The summed E-state index contributed by atoms with van der Waals surface area (Å²) in [6.45, 7) is 2.06. The van der Waals surface area contributed by atoms with Crippen LogP contribution >= 0.6 is 35.9 Å². The molecule has 0 aromatic heterocycles. The molecule has 4 atom stereocenters. The van der Waals surface area contributed by atoms with Crippen LogP contribution in [-0.4, -0.2) is 0 Å². The summed E-state index contributed by atoms with van der Waals surface area (Å²) in [4.78, 5) is 0. The molecule has 0 aromatic carbocycles. The molecule has 3 heterocycles. The molecule has 3 aliphatic rings. The van der Waals surface area contributed by atoms with E-state index in [1.54, 1.807) is 15.9 Å². The van der Waals surface area contributed by atoms with Gasteiger partial charge in [-0.25, -0.2) is 0 Å². The molecular weight excluding hydrogens is 155 g/mol. The van der Waals surface area contributed by atoms with Crippen LogP contribution in [0.2, 0.25) is 0 Å². The standard InChI is InChI=1S/H2P5/c1-3-4-2-5(1,3)4/h1-2H/q+1. The van der Waals surface area contributed by atoms with Crippen molar-refractivity contribution in [2.75, 3.05) is 0 Å². The molecule has 0 radical (unpaired) electrons. The largest absolute Gasteiger partial charge is 0.197 e. The van der Waals surface area contributed by atoms with E-state index in [0.717, 1.165) is 14.0 Å². The molecule has 0 nitrogen and oxygen atoms in total. The van der Waals surface area contributed by atoms with Crippen LogP contribution in [0, 0.1) is 0 Å². The van der Waals surface area contributed by atoms with Crippen LogP contribution in [0.25, 0.3) is 0 Å². The summed E-state index contributed by atoms with van der Waals surface area (Å²) in [5.74, 6) is 0. The highest BCUT2D eigenvalue weighted by Gasteiger charge is 3.10. The minimum absolute atomic E-state index is 0.380. The van der Waals surface area contributed by atoms with Crippen LogP contribution in [0.5, 0.6) is 0 Å². The molecule has 5 heavy (non-hydrogen) atoms. The van der Waals surface area contributed by atoms with Crippen molar-refractivity contribution in [2.24, 2.45) is 0 Å². The molecule has 0 aromatic rings. The Kier molecular flexibility index (Phi) is 0.404. The predicted octanol–water partition coefficient (Wildman–Crippen LogP) is 3.77. The Morgan fingerprint density at radius 3 is 1.60 bits per heavy atom. The molecule has 1 spiro atoms. The Morgan fingerprint density at radius 1 is 1.20 bits per heavy atom. The Morgan fingerprint density at radius 2 is 1.60 bits per heavy atom. The lowest BCUT2D eigenvalue weighted by molar-refractivity contribution is 5.30. The van der Waals surface area contributed by atoms with E-state index in [0.29, 0.717) is 6.02 Å². The van der Waals surface area contributed by atoms with Crippen LogP contribution < -0.4 is 0 Å². The van der Waals surface area contributed by atoms with Gasteiger partial charge in [0.15, 0.2) is 14.0 Å². The third-order valence-corrected chi connectivity index (χ3v) is 71.5. The first-order valence-electron chi connectivity index (χ1n) is 1.49. The first kappa shape index (κ1) is 3.23. The van der Waals surface area contributed by atoms with Crippen LogP contribution in [0.15, 0.2) is 0 Å². The highest BCUT2D eigenvalue weighted by molar-refractivity contribution is 9.86. The normalized spacial score (nSPS) is 101. The summed E-state index contributed by atoms with van der Waals surface area (Å²) in [5.41, 5.74) is 0. The lowest BCUT2D eigenvalue weighted by Crippen LogP contribution is -0.756. The molecule has 3 saturated heterocycles. The summed E-state index contributed by atoms with van der Waals surface area (Å²) < 4.78 is 0. The zero-order chi connectivity index (χ0) is 3.07. The number of rotatable bonds is 0. The Bertz CT molecular complexity index is 90.6. The quantitative estimate of drug-likeness (QED) is 0.469. The second kappa shape index (κ2) is 0.625. The van der Waals surface area contributed by atoms with Gasteiger partial charge >= 0.3 is 0 Å². The van der Waals surface area contributed by atoms with Gasteiger partial charge < -0.3 is 0 Å². The molecule has 0 N–H and O–H groups in total. The summed E-state index contributed by atoms with van der Waals surface area (Å²) in [5, 5.41) is 0. The first-order valence-corrected chi connectivity index (χ1v) is 13.4. The monoisotopic (exact) mass is 157 g/mol. The number of hydrogen-bond acceptors (Lipinski definition) is 0. The van der Waals surface area contributed by atoms with Crippen LogP contribution in [-0.2, 0) is 0 Å². The predicted molar refractivity (Wildman–Crippen MR) is 37.4 cm³/mol.